The summed E-state index contributed by atoms with van der Waals surface area (Å²) in [5, 5.41) is 10.1. The number of para-hydroxylation sites is 1. The summed E-state index contributed by atoms with van der Waals surface area (Å²) in [6, 6.07) is 7.72. The van der Waals surface area contributed by atoms with Crippen LogP contribution in [0.5, 0.6) is 5.75 Å². The van der Waals surface area contributed by atoms with Crippen LogP contribution in [0, 0.1) is 10.1 Å². The molecule has 1 aromatic carbocycles. The third-order valence-corrected chi connectivity index (χ3v) is 3.58. The SMILES string of the molecule is Cn1cnc([N+](=O)[O-])c1S(=O)(=O)Oc1ccccc1. The Morgan fingerprint density at radius 2 is 1.95 bits per heavy atom. The lowest BCUT2D eigenvalue weighted by molar-refractivity contribution is -0.392. The molecule has 0 atom stereocenters. The largest absolute Gasteiger partial charge is 0.404 e. The van der Waals surface area contributed by atoms with Crippen LogP contribution in [0.2, 0.25) is 0 Å². The van der Waals surface area contributed by atoms with Crippen LogP contribution in [0.25, 0.3) is 0 Å². The third-order valence-electron chi connectivity index (χ3n) is 2.22. The summed E-state index contributed by atoms with van der Waals surface area (Å²) in [6.07, 6.45) is 1.04. The van der Waals surface area contributed by atoms with Crippen molar-refractivity contribution < 1.29 is 17.5 Å². The average Bonchev–Trinajstić information content (AvgIpc) is 2.73. The van der Waals surface area contributed by atoms with Crippen LogP contribution >= 0.6 is 0 Å². The van der Waals surface area contributed by atoms with Crippen molar-refractivity contribution in [1.82, 2.24) is 9.55 Å². The molecule has 2 aromatic rings. The number of rotatable bonds is 4. The van der Waals surface area contributed by atoms with Gasteiger partial charge >= 0.3 is 15.9 Å². The van der Waals surface area contributed by atoms with Crippen LogP contribution in [0.4, 0.5) is 5.82 Å². The normalized spacial score (nSPS) is 11.2. The molecule has 0 fully saturated rings. The van der Waals surface area contributed by atoms with E-state index in [2.05, 4.69) is 4.98 Å². The number of aromatic nitrogens is 2. The quantitative estimate of drug-likeness (QED) is 0.472. The number of benzene rings is 1. The number of nitrogens with zero attached hydrogens (tertiary/aromatic N) is 3. The summed E-state index contributed by atoms with van der Waals surface area (Å²) in [5.74, 6) is -0.698. The number of imidazole rings is 1. The smallest absolute Gasteiger partial charge is 0.378 e. The average molecular weight is 283 g/mol. The van der Waals surface area contributed by atoms with Gasteiger partial charge in [-0.15, -0.1) is 0 Å². The Morgan fingerprint density at radius 1 is 1.32 bits per heavy atom. The van der Waals surface area contributed by atoms with Crippen molar-refractivity contribution in [3.8, 4) is 5.75 Å². The summed E-state index contributed by atoms with van der Waals surface area (Å²) in [7, 11) is -2.98. The maximum absolute atomic E-state index is 12.0. The lowest BCUT2D eigenvalue weighted by atomic mass is 10.3. The molecule has 100 valence electrons. The summed E-state index contributed by atoms with van der Waals surface area (Å²) in [5.41, 5.74) is 0. The van der Waals surface area contributed by atoms with Crippen LogP contribution in [0.1, 0.15) is 0 Å². The van der Waals surface area contributed by atoms with Crippen molar-refractivity contribution in [2.24, 2.45) is 7.05 Å². The number of hydrogen-bond acceptors (Lipinski definition) is 6. The Hall–Kier alpha value is -2.42. The predicted octanol–water partition coefficient (Wildman–Crippen LogP) is 1.10. The second kappa shape index (κ2) is 4.69. The molecular weight excluding hydrogens is 274 g/mol. The fraction of sp³-hybridized carbons (Fsp3) is 0.100. The Morgan fingerprint density at radius 3 is 2.53 bits per heavy atom. The van der Waals surface area contributed by atoms with E-state index in [-0.39, 0.29) is 5.75 Å². The van der Waals surface area contributed by atoms with Gasteiger partial charge in [-0.3, -0.25) is 4.57 Å². The zero-order valence-electron chi connectivity index (χ0n) is 9.76. The van der Waals surface area contributed by atoms with Gasteiger partial charge in [0.2, 0.25) is 6.33 Å². The van der Waals surface area contributed by atoms with Crippen molar-refractivity contribution >= 4 is 15.9 Å². The van der Waals surface area contributed by atoms with Crippen LogP contribution in [-0.2, 0) is 17.2 Å². The van der Waals surface area contributed by atoms with Crippen LogP contribution in [0.15, 0.2) is 41.7 Å². The maximum Gasteiger partial charge on any atom is 0.404 e. The minimum atomic E-state index is -4.32. The molecule has 0 aliphatic heterocycles. The van der Waals surface area contributed by atoms with Crippen LogP contribution in [0.3, 0.4) is 0 Å². The zero-order valence-corrected chi connectivity index (χ0v) is 10.6. The first-order valence-electron chi connectivity index (χ1n) is 5.07. The molecule has 0 bridgehead atoms. The van der Waals surface area contributed by atoms with E-state index in [9.17, 15) is 18.5 Å². The number of nitro groups is 1. The monoisotopic (exact) mass is 283 g/mol. The summed E-state index contributed by atoms with van der Waals surface area (Å²) in [4.78, 5) is 13.3. The maximum atomic E-state index is 12.0. The van der Waals surface area contributed by atoms with E-state index >= 15 is 0 Å². The molecule has 1 heterocycles. The topological polar surface area (TPSA) is 104 Å². The van der Waals surface area contributed by atoms with E-state index in [4.69, 9.17) is 4.18 Å². The Bertz CT molecular complexity index is 708. The van der Waals surface area contributed by atoms with Crippen molar-refractivity contribution in [3.05, 3.63) is 46.8 Å². The molecule has 1 aromatic heterocycles. The summed E-state index contributed by atoms with van der Waals surface area (Å²) >= 11 is 0. The molecule has 8 nitrogen and oxygen atoms in total. The van der Waals surface area contributed by atoms with Gasteiger partial charge in [-0.1, -0.05) is 18.2 Å². The first-order valence-corrected chi connectivity index (χ1v) is 6.48. The van der Waals surface area contributed by atoms with Crippen molar-refractivity contribution in [1.29, 1.82) is 0 Å². The molecule has 0 amide bonds. The fourth-order valence-corrected chi connectivity index (χ4v) is 2.66. The Balaban J connectivity index is 2.46. The molecule has 19 heavy (non-hydrogen) atoms. The van der Waals surface area contributed by atoms with E-state index in [1.165, 1.54) is 19.2 Å². The first-order chi connectivity index (χ1) is 8.92. The van der Waals surface area contributed by atoms with Gasteiger partial charge in [0.05, 0.1) is 0 Å². The van der Waals surface area contributed by atoms with Crippen molar-refractivity contribution in [3.63, 3.8) is 0 Å². The molecular formula is C10H9N3O5S. The van der Waals surface area contributed by atoms with E-state index in [0.717, 1.165) is 10.9 Å². The van der Waals surface area contributed by atoms with Crippen molar-refractivity contribution in [2.45, 2.75) is 5.03 Å². The highest BCUT2D eigenvalue weighted by molar-refractivity contribution is 7.87. The molecule has 0 saturated carbocycles. The third kappa shape index (κ3) is 2.55. The highest BCUT2D eigenvalue weighted by Gasteiger charge is 2.33. The standard InChI is InChI=1S/C10H9N3O5S/c1-12-7-11-9(13(14)15)10(12)19(16,17)18-8-5-3-2-4-6-8/h2-7H,1H3. The molecule has 0 N–H and O–H groups in total. The summed E-state index contributed by atoms with van der Waals surface area (Å²) in [6.45, 7) is 0. The van der Waals surface area contributed by atoms with Gasteiger partial charge in [-0.2, -0.15) is 8.42 Å². The number of hydrogen-bond donors (Lipinski definition) is 0. The lowest BCUT2D eigenvalue weighted by Gasteiger charge is -2.06. The predicted molar refractivity (Wildman–Crippen MR) is 64.1 cm³/mol. The van der Waals surface area contributed by atoms with Crippen LogP contribution < -0.4 is 4.18 Å². The fourth-order valence-electron chi connectivity index (χ4n) is 1.46. The Labute approximate surface area is 108 Å². The van der Waals surface area contributed by atoms with E-state index in [1.54, 1.807) is 18.2 Å². The van der Waals surface area contributed by atoms with Gasteiger partial charge in [0.1, 0.15) is 5.75 Å². The highest BCUT2D eigenvalue weighted by Crippen LogP contribution is 2.24. The highest BCUT2D eigenvalue weighted by atomic mass is 32.2. The van der Waals surface area contributed by atoms with Gasteiger partial charge in [0.15, 0.2) is 0 Å². The molecule has 0 saturated heterocycles. The van der Waals surface area contributed by atoms with Gasteiger partial charge in [0.25, 0.3) is 5.03 Å². The molecule has 0 spiro atoms. The van der Waals surface area contributed by atoms with E-state index in [0.29, 0.717) is 0 Å². The molecule has 0 unspecified atom stereocenters. The first kappa shape index (κ1) is 13.0. The molecule has 0 aliphatic rings. The Kier molecular flexibility index (Phi) is 3.21. The molecule has 0 aliphatic carbocycles. The van der Waals surface area contributed by atoms with Crippen molar-refractivity contribution in [2.75, 3.05) is 0 Å². The number of aryl methyl sites for hydroxylation is 1. The minimum Gasteiger partial charge on any atom is -0.378 e. The van der Waals surface area contributed by atoms with E-state index in [1.807, 2.05) is 0 Å². The van der Waals surface area contributed by atoms with Gasteiger partial charge in [0, 0.05) is 7.05 Å². The molecule has 0 radical (unpaired) electrons. The molecule has 9 heteroatoms. The van der Waals surface area contributed by atoms with Gasteiger partial charge < -0.3 is 14.3 Å². The van der Waals surface area contributed by atoms with Gasteiger partial charge in [-0.05, 0) is 22.0 Å². The lowest BCUT2D eigenvalue weighted by Crippen LogP contribution is -2.15. The minimum absolute atomic E-state index is 0.0676. The van der Waals surface area contributed by atoms with E-state index < -0.39 is 25.9 Å². The second-order valence-electron chi connectivity index (χ2n) is 3.59. The van der Waals surface area contributed by atoms with Crippen LogP contribution in [-0.4, -0.2) is 22.9 Å². The van der Waals surface area contributed by atoms with Gasteiger partial charge in [-0.25, -0.2) is 0 Å². The molecule has 2 rings (SSSR count). The summed E-state index contributed by atoms with van der Waals surface area (Å²) < 4.78 is 29.9. The zero-order chi connectivity index (χ0) is 14.0. The second-order valence-corrected chi connectivity index (χ2v) is 5.05.